The molecule has 0 bridgehead atoms. The van der Waals surface area contributed by atoms with E-state index in [0.717, 1.165) is 6.20 Å². The Labute approximate surface area is 282 Å². The summed E-state index contributed by atoms with van der Waals surface area (Å²) in [6.07, 6.45) is -1.43. The number of nitrogen functional groups attached to an aromatic ring is 1. The van der Waals surface area contributed by atoms with E-state index in [0.29, 0.717) is 50.1 Å². The zero-order valence-corrected chi connectivity index (χ0v) is 26.5. The highest BCUT2D eigenvalue weighted by atomic mass is 35.5. The van der Waals surface area contributed by atoms with Gasteiger partial charge in [-0.05, 0) is 49.1 Å². The first-order valence-corrected chi connectivity index (χ1v) is 15.8. The maximum atomic E-state index is 13.9. The van der Waals surface area contributed by atoms with Crippen LogP contribution in [-0.4, -0.2) is 90.7 Å². The van der Waals surface area contributed by atoms with Crippen molar-refractivity contribution < 1.29 is 32.7 Å². The highest BCUT2D eigenvalue weighted by molar-refractivity contribution is 6.33. The Morgan fingerprint density at radius 2 is 1.88 bits per heavy atom. The van der Waals surface area contributed by atoms with Gasteiger partial charge in [0.25, 0.3) is 11.8 Å². The van der Waals surface area contributed by atoms with E-state index in [-0.39, 0.29) is 63.5 Å². The van der Waals surface area contributed by atoms with Gasteiger partial charge in [0.15, 0.2) is 5.82 Å². The number of anilines is 1. The summed E-state index contributed by atoms with van der Waals surface area (Å²) < 4.78 is 41.6. The molecule has 0 aliphatic carbocycles. The Balaban J connectivity index is 1.06. The fraction of sp³-hybridized carbons (Fsp3) is 0.355. The largest absolute Gasteiger partial charge is 0.433 e. The number of H-pyrrole nitrogens is 2. The van der Waals surface area contributed by atoms with Crippen LogP contribution in [0.15, 0.2) is 42.7 Å². The van der Waals surface area contributed by atoms with Gasteiger partial charge in [0.1, 0.15) is 11.4 Å². The second-order valence-electron chi connectivity index (χ2n) is 11.9. The number of halogens is 4. The first kappa shape index (κ1) is 33.9. The molecule has 2 atom stereocenters. The molecule has 1 aromatic carbocycles. The van der Waals surface area contributed by atoms with Crippen molar-refractivity contribution in [3.63, 3.8) is 0 Å². The number of likely N-dealkylation sites (tertiary alicyclic amines) is 1. The van der Waals surface area contributed by atoms with Crippen LogP contribution in [0.25, 0.3) is 22.6 Å². The lowest BCUT2D eigenvalue weighted by Crippen LogP contribution is -2.50. The summed E-state index contributed by atoms with van der Waals surface area (Å²) in [5, 5.41) is 24.3. The van der Waals surface area contributed by atoms with Crippen LogP contribution >= 0.6 is 11.6 Å². The van der Waals surface area contributed by atoms with Gasteiger partial charge in [-0.1, -0.05) is 17.7 Å². The number of hydrogen-bond acceptors (Lipinski definition) is 9. The number of aromatic nitrogens is 5. The number of aromatic amines is 2. The minimum Gasteiger partial charge on any atom is -0.397 e. The third-order valence-electron chi connectivity index (χ3n) is 8.41. The molecule has 0 spiro atoms. The van der Waals surface area contributed by atoms with Crippen molar-refractivity contribution >= 4 is 35.0 Å². The predicted octanol–water partition coefficient (Wildman–Crippen LogP) is 2.49. The Hall–Kier alpha value is -5.00. The lowest BCUT2D eigenvalue weighted by atomic mass is 10.0. The molecule has 14 nitrogen and oxygen atoms in total. The molecule has 0 unspecified atom stereocenters. The van der Waals surface area contributed by atoms with Gasteiger partial charge in [0.2, 0.25) is 5.91 Å². The molecule has 2 aliphatic heterocycles. The molecule has 0 saturated carbocycles. The van der Waals surface area contributed by atoms with Crippen molar-refractivity contribution in [1.82, 2.24) is 46.0 Å². The number of rotatable bonds is 8. The van der Waals surface area contributed by atoms with Crippen LogP contribution in [0.4, 0.5) is 18.9 Å². The van der Waals surface area contributed by atoms with Crippen molar-refractivity contribution in [3.05, 3.63) is 70.4 Å². The Morgan fingerprint density at radius 3 is 2.53 bits per heavy atom. The Bertz CT molecular complexity index is 1850. The van der Waals surface area contributed by atoms with E-state index in [1.165, 1.54) is 18.3 Å². The Morgan fingerprint density at radius 1 is 1.10 bits per heavy atom. The molecule has 258 valence electrons. The number of benzene rings is 1. The maximum absolute atomic E-state index is 13.9. The number of carbonyl (C=O) groups is 3. The number of pyridine rings is 1. The smallest absolute Gasteiger partial charge is 0.397 e. The fourth-order valence-corrected chi connectivity index (χ4v) is 6.11. The minimum absolute atomic E-state index is 0.0128. The molecule has 8 N–H and O–H groups in total. The van der Waals surface area contributed by atoms with Crippen LogP contribution < -0.4 is 21.7 Å². The third-order valence-corrected chi connectivity index (χ3v) is 8.72. The minimum atomic E-state index is -4.79. The molecule has 3 aromatic heterocycles. The van der Waals surface area contributed by atoms with Crippen LogP contribution in [0.1, 0.15) is 51.5 Å². The monoisotopic (exact) mass is 700 g/mol. The number of piperidine rings is 1. The van der Waals surface area contributed by atoms with Gasteiger partial charge in [0, 0.05) is 32.2 Å². The number of β-amino-alcohol motifs (C(OH)–C–C–N with tert-alkyl or cyclic N) is 1. The number of nitrogens with zero attached hydrogens (tertiary/aromatic N) is 4. The van der Waals surface area contributed by atoms with Crippen LogP contribution in [0.2, 0.25) is 5.02 Å². The molecule has 49 heavy (non-hydrogen) atoms. The zero-order chi connectivity index (χ0) is 34.9. The van der Waals surface area contributed by atoms with E-state index < -0.39 is 29.9 Å². The van der Waals surface area contributed by atoms with E-state index in [1.54, 1.807) is 23.1 Å². The molecule has 2 aliphatic rings. The SMILES string of the molecule is Nc1ccc(-c2n[nH]c(C(F)(F)F)c2-c2cnc(C(=O)NCc3ccc(C(=O)N4CCC(NC(=O)[C@@H]5C[C@@H](O)CN5)CC4)c(Cl)c3)[nH]2)nc1. The quantitative estimate of drug-likeness (QED) is 0.144. The van der Waals surface area contributed by atoms with E-state index in [1.807, 2.05) is 5.10 Å². The lowest BCUT2D eigenvalue weighted by molar-refractivity contribution is -0.140. The molecule has 2 fully saturated rings. The number of amides is 3. The average molecular weight is 701 g/mol. The zero-order valence-electron chi connectivity index (χ0n) is 25.8. The number of aliphatic hydroxyl groups is 1. The van der Waals surface area contributed by atoms with Crippen LogP contribution in [0, 0.1) is 0 Å². The number of hydrogen-bond donors (Lipinski definition) is 7. The Kier molecular flexibility index (Phi) is 9.58. The number of nitrogens with two attached hydrogens (primary N) is 1. The second kappa shape index (κ2) is 13.9. The van der Waals surface area contributed by atoms with Gasteiger partial charge in [-0.3, -0.25) is 24.5 Å². The molecular weight excluding hydrogens is 669 g/mol. The van der Waals surface area contributed by atoms with Crippen LogP contribution in [0.5, 0.6) is 0 Å². The highest BCUT2D eigenvalue weighted by Gasteiger charge is 2.39. The summed E-state index contributed by atoms with van der Waals surface area (Å²) in [4.78, 5) is 50.9. The normalized spacial score (nSPS) is 18.4. The maximum Gasteiger partial charge on any atom is 0.433 e. The van der Waals surface area contributed by atoms with Gasteiger partial charge in [-0.25, -0.2) is 4.98 Å². The van der Waals surface area contributed by atoms with E-state index in [9.17, 15) is 32.7 Å². The van der Waals surface area contributed by atoms with E-state index in [2.05, 4.69) is 36.0 Å². The highest BCUT2D eigenvalue weighted by Crippen LogP contribution is 2.40. The van der Waals surface area contributed by atoms with Crippen LogP contribution in [-0.2, 0) is 17.5 Å². The van der Waals surface area contributed by atoms with Gasteiger partial charge >= 0.3 is 6.18 Å². The number of imidazole rings is 1. The number of carbonyl (C=O) groups excluding carboxylic acids is 3. The van der Waals surface area contributed by atoms with Crippen molar-refractivity contribution in [3.8, 4) is 22.6 Å². The summed E-state index contributed by atoms with van der Waals surface area (Å²) in [6, 6.07) is 7.14. The van der Waals surface area contributed by atoms with Crippen molar-refractivity contribution in [1.29, 1.82) is 0 Å². The summed E-state index contributed by atoms with van der Waals surface area (Å²) in [5.74, 6) is -1.36. The molecule has 18 heteroatoms. The van der Waals surface area contributed by atoms with Gasteiger partial charge in [0.05, 0.1) is 57.8 Å². The number of alkyl halides is 3. The first-order valence-electron chi connectivity index (χ1n) is 15.4. The fourth-order valence-electron chi connectivity index (χ4n) is 5.83. The predicted molar refractivity (Wildman–Crippen MR) is 171 cm³/mol. The van der Waals surface area contributed by atoms with Crippen molar-refractivity contribution in [2.75, 3.05) is 25.4 Å². The third kappa shape index (κ3) is 7.53. The summed E-state index contributed by atoms with van der Waals surface area (Å²) >= 11 is 6.47. The summed E-state index contributed by atoms with van der Waals surface area (Å²) in [5.41, 5.74) is 5.23. The van der Waals surface area contributed by atoms with Gasteiger partial charge in [-0.15, -0.1) is 0 Å². The summed E-state index contributed by atoms with van der Waals surface area (Å²) in [7, 11) is 0. The number of nitrogens with one attached hydrogen (secondary N) is 5. The van der Waals surface area contributed by atoms with E-state index >= 15 is 0 Å². The van der Waals surface area contributed by atoms with Gasteiger partial charge < -0.3 is 36.7 Å². The lowest BCUT2D eigenvalue weighted by Gasteiger charge is -2.33. The first-order chi connectivity index (χ1) is 23.4. The molecule has 2 saturated heterocycles. The number of aliphatic hydroxyl groups excluding tert-OH is 1. The van der Waals surface area contributed by atoms with Crippen molar-refractivity contribution in [2.24, 2.45) is 0 Å². The van der Waals surface area contributed by atoms with Crippen molar-refractivity contribution in [2.45, 2.75) is 50.2 Å². The standard InChI is InChI=1S/C31H32ClF3N10O4/c32-20-9-15(1-3-19(20)30(49)45-7-5-17(6-8-45)41-28(47)22-10-18(46)13-38-22)11-40-29(48)27-39-14-23(42-27)24-25(21-4-2-16(36)12-37-21)43-44-26(24)31(33,34)35/h1-4,9,12,14,17-18,22,38,46H,5-8,10-11,13,36H2,(H,39,42)(H,40,48)(H,41,47)(H,43,44)/t18-,22+/m1/s1. The molecular formula is C31H32ClF3N10O4. The molecule has 5 heterocycles. The second-order valence-corrected chi connectivity index (χ2v) is 12.3. The molecule has 6 rings (SSSR count). The average Bonchev–Trinajstić information content (AvgIpc) is 3.84. The summed E-state index contributed by atoms with van der Waals surface area (Å²) in [6.45, 7) is 1.21. The molecule has 3 amide bonds. The molecule has 4 aromatic rings. The van der Waals surface area contributed by atoms with Crippen LogP contribution in [0.3, 0.4) is 0 Å². The topological polar surface area (TPSA) is 207 Å². The van der Waals surface area contributed by atoms with E-state index in [4.69, 9.17) is 17.3 Å². The van der Waals surface area contributed by atoms with Gasteiger partial charge in [-0.2, -0.15) is 18.3 Å². The molecule has 0 radical (unpaired) electrons.